The molecule has 25 heavy (non-hydrogen) atoms. The highest BCUT2D eigenvalue weighted by molar-refractivity contribution is 6.31. The summed E-state index contributed by atoms with van der Waals surface area (Å²) in [5, 5.41) is 3.42. The first kappa shape index (κ1) is 17.1. The first-order valence-electron chi connectivity index (χ1n) is 7.93. The molecule has 1 amide bonds. The molecule has 1 N–H and O–H groups in total. The van der Waals surface area contributed by atoms with Gasteiger partial charge in [0.25, 0.3) is 5.91 Å². The number of carbonyl (C=O) groups is 1. The molecule has 0 aromatic heterocycles. The number of anilines is 1. The fraction of sp³-hybridized carbons (Fsp3) is 0.0952. The molecule has 0 saturated carbocycles. The molecular formula is C21H18ClNO2. The molecule has 0 fully saturated rings. The average molecular weight is 352 g/mol. The minimum absolute atomic E-state index is 0.202. The van der Waals surface area contributed by atoms with Crippen molar-refractivity contribution in [3.8, 4) is 11.5 Å². The standard InChI is InChI=1S/C21H18ClNO2/c1-14-10-15(2)12-16(11-14)21(24)23-19-13-17(22)8-9-20(19)25-18-6-4-3-5-7-18/h3-13H,1-2H3,(H,23,24). The topological polar surface area (TPSA) is 38.3 Å². The summed E-state index contributed by atoms with van der Waals surface area (Å²) in [5.41, 5.74) is 3.21. The van der Waals surface area contributed by atoms with Crippen LogP contribution in [0.15, 0.2) is 66.7 Å². The normalized spacial score (nSPS) is 10.4. The number of para-hydroxylation sites is 1. The third kappa shape index (κ3) is 4.40. The summed E-state index contributed by atoms with van der Waals surface area (Å²) in [5.74, 6) is 1.02. The molecule has 0 radical (unpaired) electrons. The van der Waals surface area contributed by atoms with E-state index < -0.39 is 0 Å². The smallest absolute Gasteiger partial charge is 0.255 e. The summed E-state index contributed by atoms with van der Waals surface area (Å²) in [7, 11) is 0. The maximum Gasteiger partial charge on any atom is 0.255 e. The van der Waals surface area contributed by atoms with Crippen LogP contribution in [0.4, 0.5) is 5.69 Å². The van der Waals surface area contributed by atoms with Gasteiger partial charge in [0.2, 0.25) is 0 Å². The number of amides is 1. The SMILES string of the molecule is Cc1cc(C)cc(C(=O)Nc2cc(Cl)ccc2Oc2ccccc2)c1. The van der Waals surface area contributed by atoms with E-state index in [9.17, 15) is 4.79 Å². The lowest BCUT2D eigenvalue weighted by Gasteiger charge is -2.13. The number of halogens is 1. The van der Waals surface area contributed by atoms with Gasteiger partial charge >= 0.3 is 0 Å². The first-order chi connectivity index (χ1) is 12.0. The summed E-state index contributed by atoms with van der Waals surface area (Å²) >= 11 is 6.09. The molecule has 3 rings (SSSR count). The van der Waals surface area contributed by atoms with Crippen molar-refractivity contribution in [2.75, 3.05) is 5.32 Å². The van der Waals surface area contributed by atoms with Crippen LogP contribution >= 0.6 is 11.6 Å². The third-order valence-corrected chi connectivity index (χ3v) is 3.88. The summed E-state index contributed by atoms with van der Waals surface area (Å²) in [6.45, 7) is 3.93. The summed E-state index contributed by atoms with van der Waals surface area (Å²) < 4.78 is 5.88. The summed E-state index contributed by atoms with van der Waals surface area (Å²) in [6, 6.07) is 20.3. The fourth-order valence-corrected chi connectivity index (χ4v) is 2.78. The van der Waals surface area contributed by atoms with Crippen LogP contribution in [-0.4, -0.2) is 5.91 Å². The molecule has 0 aliphatic rings. The van der Waals surface area contributed by atoms with Gasteiger partial charge in [0.05, 0.1) is 5.69 Å². The van der Waals surface area contributed by atoms with Gasteiger partial charge in [-0.2, -0.15) is 0 Å². The maximum atomic E-state index is 12.6. The molecule has 0 bridgehead atoms. The van der Waals surface area contributed by atoms with E-state index in [1.165, 1.54) is 0 Å². The number of ether oxygens (including phenoxy) is 1. The van der Waals surface area contributed by atoms with Crippen molar-refractivity contribution in [3.05, 3.63) is 88.4 Å². The lowest BCUT2D eigenvalue weighted by molar-refractivity contribution is 0.102. The molecule has 3 nitrogen and oxygen atoms in total. The van der Waals surface area contributed by atoms with Crippen LogP contribution < -0.4 is 10.1 Å². The predicted octanol–water partition coefficient (Wildman–Crippen LogP) is 6.00. The number of nitrogens with one attached hydrogen (secondary N) is 1. The molecular weight excluding hydrogens is 334 g/mol. The van der Waals surface area contributed by atoms with Crippen LogP contribution in [0.25, 0.3) is 0 Å². The van der Waals surface area contributed by atoms with Crippen LogP contribution in [0, 0.1) is 13.8 Å². The van der Waals surface area contributed by atoms with Crippen LogP contribution in [-0.2, 0) is 0 Å². The lowest BCUT2D eigenvalue weighted by Crippen LogP contribution is -2.13. The number of rotatable bonds is 4. The van der Waals surface area contributed by atoms with E-state index >= 15 is 0 Å². The van der Waals surface area contributed by atoms with Crippen molar-refractivity contribution in [1.82, 2.24) is 0 Å². The second kappa shape index (κ2) is 7.41. The minimum Gasteiger partial charge on any atom is -0.455 e. The van der Waals surface area contributed by atoms with Crippen LogP contribution in [0.2, 0.25) is 5.02 Å². The summed E-state index contributed by atoms with van der Waals surface area (Å²) in [4.78, 5) is 12.6. The molecule has 0 heterocycles. The Morgan fingerprint density at radius 3 is 2.28 bits per heavy atom. The van der Waals surface area contributed by atoms with Gasteiger partial charge in [0, 0.05) is 10.6 Å². The van der Waals surface area contributed by atoms with E-state index in [0.717, 1.165) is 11.1 Å². The van der Waals surface area contributed by atoms with Crippen molar-refractivity contribution in [2.45, 2.75) is 13.8 Å². The van der Waals surface area contributed by atoms with E-state index in [2.05, 4.69) is 5.32 Å². The van der Waals surface area contributed by atoms with E-state index in [1.807, 2.05) is 62.4 Å². The van der Waals surface area contributed by atoms with Crippen molar-refractivity contribution in [3.63, 3.8) is 0 Å². The van der Waals surface area contributed by atoms with Gasteiger partial charge in [-0.3, -0.25) is 4.79 Å². The number of aryl methyl sites for hydroxylation is 2. The Kier molecular flexibility index (Phi) is 5.05. The minimum atomic E-state index is -0.202. The van der Waals surface area contributed by atoms with Crippen molar-refractivity contribution >= 4 is 23.2 Å². The van der Waals surface area contributed by atoms with E-state index in [1.54, 1.807) is 18.2 Å². The molecule has 0 atom stereocenters. The number of hydrogen-bond acceptors (Lipinski definition) is 2. The monoisotopic (exact) mass is 351 g/mol. The van der Waals surface area contributed by atoms with Crippen LogP contribution in [0.3, 0.4) is 0 Å². The molecule has 0 saturated heterocycles. The molecule has 126 valence electrons. The van der Waals surface area contributed by atoms with Gasteiger partial charge in [-0.1, -0.05) is 47.0 Å². The number of carbonyl (C=O) groups excluding carboxylic acids is 1. The Labute approximate surface area is 152 Å². The molecule has 3 aromatic rings. The quantitative estimate of drug-likeness (QED) is 0.625. The highest BCUT2D eigenvalue weighted by Crippen LogP contribution is 2.32. The molecule has 3 aromatic carbocycles. The van der Waals surface area contributed by atoms with E-state index in [0.29, 0.717) is 27.8 Å². The molecule has 0 aliphatic carbocycles. The Hall–Kier alpha value is -2.78. The van der Waals surface area contributed by atoms with E-state index in [-0.39, 0.29) is 5.91 Å². The number of hydrogen-bond donors (Lipinski definition) is 1. The average Bonchev–Trinajstić information content (AvgIpc) is 2.57. The molecule has 4 heteroatoms. The van der Waals surface area contributed by atoms with Gasteiger partial charge in [-0.15, -0.1) is 0 Å². The van der Waals surface area contributed by atoms with Crippen molar-refractivity contribution in [2.24, 2.45) is 0 Å². The Morgan fingerprint density at radius 1 is 0.920 bits per heavy atom. The zero-order chi connectivity index (χ0) is 17.8. The Bertz CT molecular complexity index is 887. The predicted molar refractivity (Wildman–Crippen MR) is 102 cm³/mol. The van der Waals surface area contributed by atoms with Gasteiger partial charge in [0.15, 0.2) is 5.75 Å². The fourth-order valence-electron chi connectivity index (χ4n) is 2.60. The number of benzene rings is 3. The van der Waals surface area contributed by atoms with Crippen molar-refractivity contribution in [1.29, 1.82) is 0 Å². The van der Waals surface area contributed by atoms with Crippen LogP contribution in [0.5, 0.6) is 11.5 Å². The van der Waals surface area contributed by atoms with Gasteiger partial charge in [0.1, 0.15) is 5.75 Å². The molecule has 0 unspecified atom stereocenters. The molecule has 0 spiro atoms. The van der Waals surface area contributed by atoms with Gasteiger partial charge in [-0.25, -0.2) is 0 Å². The maximum absolute atomic E-state index is 12.6. The van der Waals surface area contributed by atoms with Gasteiger partial charge < -0.3 is 10.1 Å². The van der Waals surface area contributed by atoms with Gasteiger partial charge in [-0.05, 0) is 56.3 Å². The van der Waals surface area contributed by atoms with Crippen LogP contribution in [0.1, 0.15) is 21.5 Å². The zero-order valence-electron chi connectivity index (χ0n) is 14.0. The first-order valence-corrected chi connectivity index (χ1v) is 8.31. The molecule has 0 aliphatic heterocycles. The summed E-state index contributed by atoms with van der Waals surface area (Å²) in [6.07, 6.45) is 0. The second-order valence-corrected chi connectivity index (χ2v) is 6.32. The largest absolute Gasteiger partial charge is 0.455 e. The van der Waals surface area contributed by atoms with Crippen molar-refractivity contribution < 1.29 is 9.53 Å². The van der Waals surface area contributed by atoms with E-state index in [4.69, 9.17) is 16.3 Å². The highest BCUT2D eigenvalue weighted by Gasteiger charge is 2.12. The third-order valence-electron chi connectivity index (χ3n) is 3.64. The lowest BCUT2D eigenvalue weighted by atomic mass is 10.1. The second-order valence-electron chi connectivity index (χ2n) is 5.89. The highest BCUT2D eigenvalue weighted by atomic mass is 35.5. The Balaban J connectivity index is 1.88. The zero-order valence-corrected chi connectivity index (χ0v) is 14.8. The Morgan fingerprint density at radius 2 is 1.60 bits per heavy atom.